The van der Waals surface area contributed by atoms with Crippen LogP contribution in [0.3, 0.4) is 0 Å². The molecule has 2 rings (SSSR count). The first kappa shape index (κ1) is 16.1. The van der Waals surface area contributed by atoms with Gasteiger partial charge in [-0.05, 0) is 5.56 Å². The summed E-state index contributed by atoms with van der Waals surface area (Å²) >= 11 is 1.25. The zero-order chi connectivity index (χ0) is 15.9. The molecule has 1 amide bonds. The van der Waals surface area contributed by atoms with Crippen LogP contribution in [0.2, 0.25) is 0 Å². The van der Waals surface area contributed by atoms with E-state index in [0.29, 0.717) is 10.8 Å². The number of ether oxygens (including phenoxy) is 2. The third kappa shape index (κ3) is 4.12. The van der Waals surface area contributed by atoms with Crippen LogP contribution in [0.4, 0.5) is 5.13 Å². The van der Waals surface area contributed by atoms with Crippen LogP contribution >= 0.6 is 11.3 Å². The maximum atomic E-state index is 12.3. The number of rotatable bonds is 6. The highest BCUT2D eigenvalue weighted by Crippen LogP contribution is 2.21. The van der Waals surface area contributed by atoms with Crippen molar-refractivity contribution in [3.05, 3.63) is 47.0 Å². The van der Waals surface area contributed by atoms with Gasteiger partial charge in [-0.3, -0.25) is 14.9 Å². The molecule has 116 valence electrons. The summed E-state index contributed by atoms with van der Waals surface area (Å²) in [4.78, 5) is 27.6. The molecule has 2 aromatic rings. The van der Waals surface area contributed by atoms with Crippen molar-refractivity contribution in [2.75, 3.05) is 19.5 Å². The topological polar surface area (TPSA) is 77.5 Å². The van der Waals surface area contributed by atoms with E-state index in [1.165, 1.54) is 25.6 Å². The van der Waals surface area contributed by atoms with Crippen LogP contribution in [0, 0.1) is 0 Å². The average Bonchev–Trinajstić information content (AvgIpc) is 2.96. The number of aromatic nitrogens is 1. The predicted octanol–water partition coefficient (Wildman–Crippen LogP) is 2.18. The van der Waals surface area contributed by atoms with Gasteiger partial charge < -0.3 is 9.47 Å². The average molecular weight is 320 g/mol. The van der Waals surface area contributed by atoms with Gasteiger partial charge >= 0.3 is 5.97 Å². The molecule has 22 heavy (non-hydrogen) atoms. The Hall–Kier alpha value is -2.25. The summed E-state index contributed by atoms with van der Waals surface area (Å²) in [5, 5.41) is 4.82. The highest BCUT2D eigenvalue weighted by molar-refractivity contribution is 7.13. The second-order valence-corrected chi connectivity index (χ2v) is 5.27. The summed E-state index contributed by atoms with van der Waals surface area (Å²) in [6.07, 6.45) is -0.635. The molecule has 6 nitrogen and oxygen atoms in total. The molecular formula is C15H16N2O4S. The highest BCUT2D eigenvalue weighted by atomic mass is 32.1. The van der Waals surface area contributed by atoms with Crippen LogP contribution < -0.4 is 5.32 Å². The fraction of sp³-hybridized carbons (Fsp3) is 0.267. The van der Waals surface area contributed by atoms with Crippen molar-refractivity contribution in [1.82, 2.24) is 4.98 Å². The second-order valence-electron chi connectivity index (χ2n) is 4.41. The maximum Gasteiger partial charge on any atom is 0.311 e. The third-order valence-electron chi connectivity index (χ3n) is 2.91. The van der Waals surface area contributed by atoms with Crippen LogP contribution in [0.25, 0.3) is 0 Å². The molecule has 0 bridgehead atoms. The number of carbonyl (C=O) groups excluding carboxylic acids is 2. The van der Waals surface area contributed by atoms with E-state index in [-0.39, 0.29) is 18.3 Å². The Labute approximate surface area is 132 Å². The van der Waals surface area contributed by atoms with Crippen LogP contribution in [-0.4, -0.2) is 31.1 Å². The van der Waals surface area contributed by atoms with Crippen molar-refractivity contribution in [1.29, 1.82) is 0 Å². The Balaban J connectivity index is 2.03. The molecule has 0 unspecified atom stereocenters. The molecule has 0 saturated heterocycles. The van der Waals surface area contributed by atoms with Gasteiger partial charge in [0.05, 0.1) is 19.2 Å². The van der Waals surface area contributed by atoms with Crippen molar-refractivity contribution >= 4 is 28.3 Å². The summed E-state index contributed by atoms with van der Waals surface area (Å²) in [5.41, 5.74) is 1.31. The number of benzene rings is 1. The number of amides is 1. The minimum Gasteiger partial charge on any atom is -0.469 e. The lowest BCUT2D eigenvalue weighted by Gasteiger charge is -2.14. The molecule has 0 saturated carbocycles. The lowest BCUT2D eigenvalue weighted by atomic mass is 10.1. The van der Waals surface area contributed by atoms with E-state index >= 15 is 0 Å². The normalized spacial score (nSPS) is 11.7. The zero-order valence-electron chi connectivity index (χ0n) is 12.2. The van der Waals surface area contributed by atoms with E-state index in [0.717, 1.165) is 5.56 Å². The summed E-state index contributed by atoms with van der Waals surface area (Å²) in [6.45, 7) is 0. The van der Waals surface area contributed by atoms with Gasteiger partial charge in [0, 0.05) is 12.5 Å². The molecule has 0 fully saturated rings. The lowest BCUT2D eigenvalue weighted by molar-refractivity contribution is -0.139. The number of hydrogen-bond acceptors (Lipinski definition) is 6. The van der Waals surface area contributed by atoms with Crippen molar-refractivity contribution in [3.63, 3.8) is 0 Å². The van der Waals surface area contributed by atoms with Gasteiger partial charge in [-0.25, -0.2) is 4.98 Å². The van der Waals surface area contributed by atoms with E-state index < -0.39 is 6.10 Å². The number of methoxy groups -OCH3 is 2. The van der Waals surface area contributed by atoms with E-state index in [1.54, 1.807) is 5.38 Å². The van der Waals surface area contributed by atoms with E-state index in [9.17, 15) is 9.59 Å². The fourth-order valence-corrected chi connectivity index (χ4v) is 2.57. The number of thiazole rings is 1. The molecule has 0 aliphatic rings. The Kier molecular flexibility index (Phi) is 5.62. The van der Waals surface area contributed by atoms with Crippen LogP contribution in [0.5, 0.6) is 0 Å². The number of hydrogen-bond donors (Lipinski definition) is 1. The van der Waals surface area contributed by atoms with Gasteiger partial charge in [0.25, 0.3) is 5.91 Å². The number of anilines is 1. The molecule has 0 spiro atoms. The smallest absolute Gasteiger partial charge is 0.311 e. The zero-order valence-corrected chi connectivity index (χ0v) is 13.1. The summed E-state index contributed by atoms with van der Waals surface area (Å²) in [5.74, 6) is -0.685. The van der Waals surface area contributed by atoms with Crippen molar-refractivity contribution in [2.24, 2.45) is 0 Å². The van der Waals surface area contributed by atoms with Gasteiger partial charge in [0.15, 0.2) is 11.2 Å². The first-order valence-corrected chi connectivity index (χ1v) is 7.42. The number of nitrogens with one attached hydrogen (secondary N) is 1. The van der Waals surface area contributed by atoms with E-state index in [4.69, 9.17) is 4.74 Å². The van der Waals surface area contributed by atoms with Gasteiger partial charge in [-0.1, -0.05) is 30.3 Å². The molecule has 1 N–H and O–H groups in total. The van der Waals surface area contributed by atoms with Gasteiger partial charge in [-0.15, -0.1) is 11.3 Å². The largest absolute Gasteiger partial charge is 0.469 e. The predicted molar refractivity (Wildman–Crippen MR) is 82.7 cm³/mol. The molecule has 0 aliphatic heterocycles. The van der Waals surface area contributed by atoms with Gasteiger partial charge in [0.2, 0.25) is 0 Å². The Morgan fingerprint density at radius 3 is 2.64 bits per heavy atom. The first-order chi connectivity index (χ1) is 10.6. The second kappa shape index (κ2) is 7.67. The summed E-state index contributed by atoms with van der Waals surface area (Å²) < 4.78 is 9.83. The van der Waals surface area contributed by atoms with Crippen LogP contribution in [0.15, 0.2) is 35.7 Å². The number of nitrogens with zero attached hydrogens (tertiary/aromatic N) is 1. The highest BCUT2D eigenvalue weighted by Gasteiger charge is 2.21. The molecule has 1 heterocycles. The molecule has 1 aromatic heterocycles. The van der Waals surface area contributed by atoms with Crippen molar-refractivity contribution in [2.45, 2.75) is 12.5 Å². The standard InChI is InChI=1S/C15H16N2O4S/c1-20-12(18)8-11-9-22-15(16-11)17-14(19)13(21-2)10-6-4-3-5-7-10/h3-7,9,13H,8H2,1-2H3,(H,16,17,19)/t13-/m1/s1. The quantitative estimate of drug-likeness (QED) is 0.826. The minimum atomic E-state index is -0.714. The number of esters is 1. The Morgan fingerprint density at radius 1 is 1.27 bits per heavy atom. The Bertz CT molecular complexity index is 642. The minimum absolute atomic E-state index is 0.0786. The molecule has 0 radical (unpaired) electrons. The molecule has 1 atom stereocenters. The molecule has 7 heteroatoms. The van der Waals surface area contributed by atoms with E-state index in [2.05, 4.69) is 15.0 Å². The van der Waals surface area contributed by atoms with E-state index in [1.807, 2.05) is 30.3 Å². The SMILES string of the molecule is COC(=O)Cc1csc(NC(=O)[C@H](OC)c2ccccc2)n1. The maximum absolute atomic E-state index is 12.3. The molecule has 1 aromatic carbocycles. The Morgan fingerprint density at radius 2 is 2.00 bits per heavy atom. The first-order valence-electron chi connectivity index (χ1n) is 6.54. The van der Waals surface area contributed by atoms with Gasteiger partial charge in [-0.2, -0.15) is 0 Å². The number of carbonyl (C=O) groups is 2. The van der Waals surface area contributed by atoms with Gasteiger partial charge in [0.1, 0.15) is 0 Å². The molecular weight excluding hydrogens is 304 g/mol. The summed E-state index contributed by atoms with van der Waals surface area (Å²) in [6, 6.07) is 9.18. The monoisotopic (exact) mass is 320 g/mol. The third-order valence-corrected chi connectivity index (χ3v) is 3.72. The van der Waals surface area contributed by atoms with Crippen LogP contribution in [0.1, 0.15) is 17.4 Å². The summed E-state index contributed by atoms with van der Waals surface area (Å²) in [7, 11) is 2.79. The van der Waals surface area contributed by atoms with Crippen molar-refractivity contribution < 1.29 is 19.1 Å². The van der Waals surface area contributed by atoms with Crippen LogP contribution in [-0.2, 0) is 25.5 Å². The lowest BCUT2D eigenvalue weighted by Crippen LogP contribution is -2.22. The molecule has 0 aliphatic carbocycles. The fourth-order valence-electron chi connectivity index (χ4n) is 1.86. The van der Waals surface area contributed by atoms with Crippen molar-refractivity contribution in [3.8, 4) is 0 Å².